The van der Waals surface area contributed by atoms with Crippen molar-refractivity contribution in [3.63, 3.8) is 0 Å². The Hall–Kier alpha value is -3.06. The quantitative estimate of drug-likeness (QED) is 0.597. The average molecular weight is 410 g/mol. The minimum Gasteiger partial charge on any atom is -0.339 e. The van der Waals surface area contributed by atoms with Crippen LogP contribution in [0.5, 0.6) is 0 Å². The first-order valence-corrected chi connectivity index (χ1v) is 9.87. The van der Waals surface area contributed by atoms with Crippen LogP contribution in [0.1, 0.15) is 24.3 Å². The van der Waals surface area contributed by atoms with E-state index in [0.29, 0.717) is 35.4 Å². The van der Waals surface area contributed by atoms with E-state index in [1.54, 1.807) is 24.7 Å². The van der Waals surface area contributed by atoms with Gasteiger partial charge in [0.15, 0.2) is 0 Å². The smallest absolute Gasteiger partial charge is 0.246 e. The molecule has 148 valence electrons. The van der Waals surface area contributed by atoms with Gasteiger partial charge in [-0.25, -0.2) is 4.98 Å². The zero-order valence-electron chi connectivity index (χ0n) is 15.7. The summed E-state index contributed by atoms with van der Waals surface area (Å²) in [4.78, 5) is 27.1. The summed E-state index contributed by atoms with van der Waals surface area (Å²) in [5.74, 6) is 1.28. The number of rotatable bonds is 5. The third-order valence-electron chi connectivity index (χ3n) is 4.84. The second-order valence-corrected chi connectivity index (χ2v) is 7.42. The van der Waals surface area contributed by atoms with E-state index in [-0.39, 0.29) is 11.8 Å². The molecular formula is C21H20ClN5O2. The number of hydrogen-bond donors (Lipinski definition) is 0. The number of amides is 1. The van der Waals surface area contributed by atoms with E-state index in [0.717, 1.165) is 24.9 Å². The van der Waals surface area contributed by atoms with Gasteiger partial charge >= 0.3 is 0 Å². The Balaban J connectivity index is 1.35. The van der Waals surface area contributed by atoms with Gasteiger partial charge < -0.3 is 9.42 Å². The summed E-state index contributed by atoms with van der Waals surface area (Å²) < 4.78 is 5.38. The summed E-state index contributed by atoms with van der Waals surface area (Å²) in [6, 6.07) is 7.38. The van der Waals surface area contributed by atoms with Crippen LogP contribution < -0.4 is 0 Å². The zero-order chi connectivity index (χ0) is 20.1. The second-order valence-electron chi connectivity index (χ2n) is 6.98. The maximum absolute atomic E-state index is 12.6. The third-order valence-corrected chi connectivity index (χ3v) is 5.09. The number of aromatic nitrogens is 4. The molecule has 7 nitrogen and oxygen atoms in total. The standard InChI is InChI=1S/C21H20ClN5O2/c22-17-6-3-15(4-7-17)5-8-20(28)27-11-1-2-16(14-27)12-19-25-21(26-29-19)18-13-23-9-10-24-18/h3-10,13,16H,1-2,11-12,14H2. The first-order chi connectivity index (χ1) is 14.2. The Kier molecular flexibility index (Phi) is 5.95. The number of carbonyl (C=O) groups excluding carboxylic acids is 1. The number of nitrogens with zero attached hydrogens (tertiary/aromatic N) is 5. The second kappa shape index (κ2) is 8.96. The number of hydrogen-bond acceptors (Lipinski definition) is 6. The molecule has 1 aliphatic rings. The molecule has 1 aromatic carbocycles. The normalized spacial score (nSPS) is 17.0. The number of piperidine rings is 1. The molecule has 1 atom stereocenters. The van der Waals surface area contributed by atoms with Gasteiger partial charge in [-0.05, 0) is 42.5 Å². The van der Waals surface area contributed by atoms with E-state index >= 15 is 0 Å². The summed E-state index contributed by atoms with van der Waals surface area (Å²) in [5, 5.41) is 4.66. The number of carbonyl (C=O) groups is 1. The van der Waals surface area contributed by atoms with Crippen LogP contribution in [0.3, 0.4) is 0 Å². The Morgan fingerprint density at radius 3 is 2.93 bits per heavy atom. The van der Waals surface area contributed by atoms with E-state index in [4.69, 9.17) is 16.1 Å². The van der Waals surface area contributed by atoms with Gasteiger partial charge in [0.05, 0.1) is 6.20 Å². The van der Waals surface area contributed by atoms with Crippen LogP contribution in [-0.2, 0) is 11.2 Å². The van der Waals surface area contributed by atoms with Gasteiger partial charge in [-0.15, -0.1) is 0 Å². The largest absolute Gasteiger partial charge is 0.339 e. The van der Waals surface area contributed by atoms with Gasteiger partial charge in [0.1, 0.15) is 5.69 Å². The lowest BCUT2D eigenvalue weighted by molar-refractivity contribution is -0.127. The Morgan fingerprint density at radius 1 is 1.28 bits per heavy atom. The van der Waals surface area contributed by atoms with Gasteiger partial charge in [0.2, 0.25) is 17.6 Å². The van der Waals surface area contributed by atoms with Crippen LogP contribution in [-0.4, -0.2) is 44.0 Å². The van der Waals surface area contributed by atoms with Crippen LogP contribution in [0.4, 0.5) is 0 Å². The molecule has 1 aliphatic heterocycles. The van der Waals surface area contributed by atoms with E-state index in [1.807, 2.05) is 35.2 Å². The molecule has 1 fully saturated rings. The van der Waals surface area contributed by atoms with E-state index in [2.05, 4.69) is 20.1 Å². The van der Waals surface area contributed by atoms with Gasteiger partial charge in [-0.2, -0.15) is 4.98 Å². The Morgan fingerprint density at radius 2 is 2.14 bits per heavy atom. The molecule has 4 rings (SSSR count). The molecule has 3 aromatic rings. The molecule has 1 unspecified atom stereocenters. The summed E-state index contributed by atoms with van der Waals surface area (Å²) >= 11 is 5.89. The van der Waals surface area contributed by atoms with Crippen LogP contribution >= 0.6 is 11.6 Å². The molecule has 1 saturated heterocycles. The van der Waals surface area contributed by atoms with Crippen molar-refractivity contribution >= 4 is 23.6 Å². The monoisotopic (exact) mass is 409 g/mol. The van der Waals surface area contributed by atoms with Crippen LogP contribution in [0, 0.1) is 5.92 Å². The summed E-state index contributed by atoms with van der Waals surface area (Å²) in [6.45, 7) is 1.43. The fourth-order valence-corrected chi connectivity index (χ4v) is 3.51. The van der Waals surface area contributed by atoms with Crippen molar-refractivity contribution in [2.45, 2.75) is 19.3 Å². The Labute approximate surface area is 173 Å². The van der Waals surface area contributed by atoms with E-state index in [1.165, 1.54) is 0 Å². The van der Waals surface area contributed by atoms with Crippen molar-refractivity contribution in [3.05, 3.63) is 65.4 Å². The minimum absolute atomic E-state index is 0.00966. The van der Waals surface area contributed by atoms with Crippen LogP contribution in [0.2, 0.25) is 5.02 Å². The minimum atomic E-state index is 0.00966. The van der Waals surface area contributed by atoms with Crippen molar-refractivity contribution in [1.29, 1.82) is 0 Å². The lowest BCUT2D eigenvalue weighted by atomic mass is 9.94. The molecule has 2 aromatic heterocycles. The van der Waals surface area contributed by atoms with E-state index in [9.17, 15) is 4.79 Å². The molecule has 29 heavy (non-hydrogen) atoms. The maximum Gasteiger partial charge on any atom is 0.246 e. The summed E-state index contributed by atoms with van der Waals surface area (Å²) in [6.07, 6.45) is 10.8. The molecule has 0 saturated carbocycles. The maximum atomic E-state index is 12.6. The predicted octanol–water partition coefficient (Wildman–Crippen LogP) is 3.67. The van der Waals surface area contributed by atoms with Crippen molar-refractivity contribution in [2.75, 3.05) is 13.1 Å². The molecule has 0 radical (unpaired) electrons. The molecule has 8 heteroatoms. The van der Waals surface area contributed by atoms with Gasteiger partial charge in [0.25, 0.3) is 0 Å². The van der Waals surface area contributed by atoms with Crippen molar-refractivity contribution in [1.82, 2.24) is 25.0 Å². The highest BCUT2D eigenvalue weighted by Crippen LogP contribution is 2.22. The molecule has 0 spiro atoms. The van der Waals surface area contributed by atoms with Crippen LogP contribution in [0.25, 0.3) is 17.6 Å². The highest BCUT2D eigenvalue weighted by atomic mass is 35.5. The van der Waals surface area contributed by atoms with Gasteiger partial charge in [0, 0.05) is 43.0 Å². The molecule has 0 bridgehead atoms. The number of halogens is 1. The topological polar surface area (TPSA) is 85.0 Å². The summed E-state index contributed by atoms with van der Waals surface area (Å²) in [7, 11) is 0. The fraction of sp³-hybridized carbons (Fsp3) is 0.286. The molecule has 1 amide bonds. The molecule has 3 heterocycles. The van der Waals surface area contributed by atoms with Gasteiger partial charge in [-0.3, -0.25) is 9.78 Å². The summed E-state index contributed by atoms with van der Waals surface area (Å²) in [5.41, 5.74) is 1.52. The van der Waals surface area contributed by atoms with Gasteiger partial charge in [-0.1, -0.05) is 28.9 Å². The highest BCUT2D eigenvalue weighted by molar-refractivity contribution is 6.30. The Bertz CT molecular complexity index is 988. The number of benzene rings is 1. The van der Waals surface area contributed by atoms with Crippen molar-refractivity contribution in [3.8, 4) is 11.5 Å². The SMILES string of the molecule is O=C(C=Cc1ccc(Cl)cc1)N1CCCC(Cc2nc(-c3cnccn3)no2)C1. The first-order valence-electron chi connectivity index (χ1n) is 9.49. The van der Waals surface area contributed by atoms with E-state index < -0.39 is 0 Å². The predicted molar refractivity (Wildman–Crippen MR) is 109 cm³/mol. The first kappa shape index (κ1) is 19.3. The third kappa shape index (κ3) is 5.06. The fourth-order valence-electron chi connectivity index (χ4n) is 3.38. The molecule has 0 aliphatic carbocycles. The van der Waals surface area contributed by atoms with Crippen molar-refractivity contribution in [2.24, 2.45) is 5.92 Å². The lowest BCUT2D eigenvalue weighted by Gasteiger charge is -2.31. The highest BCUT2D eigenvalue weighted by Gasteiger charge is 2.24. The molecule has 0 N–H and O–H groups in total. The zero-order valence-corrected chi connectivity index (χ0v) is 16.5. The van der Waals surface area contributed by atoms with Crippen LogP contribution in [0.15, 0.2) is 53.5 Å². The lowest BCUT2D eigenvalue weighted by Crippen LogP contribution is -2.39. The average Bonchev–Trinajstić information content (AvgIpc) is 3.22. The number of likely N-dealkylation sites (tertiary alicyclic amines) is 1. The van der Waals surface area contributed by atoms with Crippen molar-refractivity contribution < 1.29 is 9.32 Å². The molecular weight excluding hydrogens is 390 g/mol.